The zero-order valence-electron chi connectivity index (χ0n) is 21.0. The number of fused-ring (bicyclic) bond motifs is 1. The fraction of sp³-hybridized carbons (Fsp3) is 0.276. The maximum Gasteiger partial charge on any atom is 0.338 e. The van der Waals surface area contributed by atoms with E-state index in [1.54, 1.807) is 24.5 Å². The largest absolute Gasteiger partial charge is 0.490 e. The zero-order valence-corrected chi connectivity index (χ0v) is 21.8. The Morgan fingerprint density at radius 1 is 1.17 bits per heavy atom. The van der Waals surface area contributed by atoms with Gasteiger partial charge in [-0.25, -0.2) is 9.79 Å². The molecule has 0 spiro atoms. The Balaban J connectivity index is 1.85. The van der Waals surface area contributed by atoms with Gasteiger partial charge in [-0.3, -0.25) is 9.36 Å². The molecule has 1 aliphatic rings. The normalized spacial score (nSPS) is 15.5. The first-order valence-electron chi connectivity index (χ1n) is 12.0. The van der Waals surface area contributed by atoms with E-state index < -0.39 is 12.0 Å². The average Bonchev–Trinajstić information content (AvgIpc) is 3.16. The van der Waals surface area contributed by atoms with E-state index in [4.69, 9.17) is 9.47 Å². The van der Waals surface area contributed by atoms with Gasteiger partial charge in [0.05, 0.1) is 28.5 Å². The summed E-state index contributed by atoms with van der Waals surface area (Å²) in [5.41, 5.74) is 3.65. The number of rotatable bonds is 8. The van der Waals surface area contributed by atoms with Gasteiger partial charge >= 0.3 is 5.97 Å². The first-order valence-corrected chi connectivity index (χ1v) is 12.8. The summed E-state index contributed by atoms with van der Waals surface area (Å²) in [7, 11) is 0. The second kappa shape index (κ2) is 10.9. The summed E-state index contributed by atoms with van der Waals surface area (Å²) in [6.07, 6.45) is 3.55. The third-order valence-corrected chi connectivity index (χ3v) is 6.96. The monoisotopic (exact) mass is 502 g/mol. The number of carbonyl (C=O) groups is 1. The lowest BCUT2D eigenvalue weighted by molar-refractivity contribution is -0.139. The number of benzene rings is 2. The summed E-state index contributed by atoms with van der Waals surface area (Å²) in [5, 5.41) is 0. The highest BCUT2D eigenvalue weighted by molar-refractivity contribution is 7.07. The van der Waals surface area contributed by atoms with Crippen molar-refractivity contribution in [1.82, 2.24) is 4.57 Å². The fourth-order valence-corrected chi connectivity index (χ4v) is 5.18. The Bertz CT molecular complexity index is 1480. The minimum Gasteiger partial charge on any atom is -0.490 e. The van der Waals surface area contributed by atoms with Crippen LogP contribution in [0.4, 0.5) is 0 Å². The molecule has 0 amide bonds. The standard InChI is InChI=1S/C29H30N2O4S/c1-6-16-35-23-14-12-22(13-15-23)26-25(28(33)34-7-2)19(5)30-29-31(26)27(32)24(36-29)17-20-8-10-21(11-9-20)18(3)4/h6,8-15,17-18,26H,1,7,16H2,2-5H3/b24-17-/t26-/m1/s1. The van der Waals surface area contributed by atoms with Crippen LogP contribution in [-0.2, 0) is 9.53 Å². The van der Waals surface area contributed by atoms with Crippen LogP contribution in [0.2, 0.25) is 0 Å². The van der Waals surface area contributed by atoms with Crippen molar-refractivity contribution < 1.29 is 14.3 Å². The molecule has 0 N–H and O–H groups in total. The lowest BCUT2D eigenvalue weighted by Crippen LogP contribution is -2.39. The van der Waals surface area contributed by atoms with E-state index in [0.29, 0.717) is 38.9 Å². The van der Waals surface area contributed by atoms with Crippen molar-refractivity contribution in [2.45, 2.75) is 39.7 Å². The summed E-state index contributed by atoms with van der Waals surface area (Å²) in [4.78, 5) is 31.9. The number of thiazole rings is 1. The summed E-state index contributed by atoms with van der Waals surface area (Å²) in [6, 6.07) is 14.9. The maximum atomic E-state index is 13.7. The smallest absolute Gasteiger partial charge is 0.338 e. The fourth-order valence-electron chi connectivity index (χ4n) is 4.14. The Kier molecular flexibility index (Phi) is 7.70. The van der Waals surface area contributed by atoms with Crippen LogP contribution in [0.3, 0.4) is 0 Å². The number of aromatic nitrogens is 1. The van der Waals surface area contributed by atoms with Crippen molar-refractivity contribution in [2.24, 2.45) is 4.99 Å². The third-order valence-electron chi connectivity index (χ3n) is 5.98. The molecule has 0 unspecified atom stereocenters. The highest BCUT2D eigenvalue weighted by Crippen LogP contribution is 2.31. The van der Waals surface area contributed by atoms with E-state index in [1.165, 1.54) is 16.9 Å². The summed E-state index contributed by atoms with van der Waals surface area (Å²) in [5.74, 6) is 0.630. The van der Waals surface area contributed by atoms with Gasteiger partial charge in [-0.15, -0.1) is 0 Å². The molecule has 186 valence electrons. The molecule has 36 heavy (non-hydrogen) atoms. The first kappa shape index (κ1) is 25.4. The minimum absolute atomic E-state index is 0.196. The maximum absolute atomic E-state index is 13.7. The quantitative estimate of drug-likeness (QED) is 0.336. The second-order valence-electron chi connectivity index (χ2n) is 8.79. The molecule has 6 nitrogen and oxygen atoms in total. The van der Waals surface area contributed by atoms with Gasteiger partial charge in [0, 0.05) is 0 Å². The van der Waals surface area contributed by atoms with Crippen LogP contribution in [0.5, 0.6) is 5.75 Å². The molecule has 0 saturated heterocycles. The molecule has 4 rings (SSSR count). The van der Waals surface area contributed by atoms with Crippen LogP contribution in [0, 0.1) is 0 Å². The van der Waals surface area contributed by atoms with Gasteiger partial charge in [0.1, 0.15) is 12.4 Å². The molecule has 2 aromatic carbocycles. The lowest BCUT2D eigenvalue weighted by atomic mass is 9.96. The van der Waals surface area contributed by atoms with Gasteiger partial charge < -0.3 is 9.47 Å². The van der Waals surface area contributed by atoms with Crippen LogP contribution >= 0.6 is 11.3 Å². The number of hydrogen-bond acceptors (Lipinski definition) is 6. The molecule has 2 heterocycles. The van der Waals surface area contributed by atoms with E-state index in [-0.39, 0.29) is 12.2 Å². The summed E-state index contributed by atoms with van der Waals surface area (Å²) < 4.78 is 13.1. The molecule has 0 bridgehead atoms. The van der Waals surface area contributed by atoms with Crippen molar-refractivity contribution in [2.75, 3.05) is 13.2 Å². The molecular weight excluding hydrogens is 472 g/mol. The van der Waals surface area contributed by atoms with Crippen molar-refractivity contribution in [1.29, 1.82) is 0 Å². The molecule has 1 aliphatic heterocycles. The number of allylic oxidation sites excluding steroid dienone is 1. The van der Waals surface area contributed by atoms with Crippen molar-refractivity contribution >= 4 is 23.4 Å². The van der Waals surface area contributed by atoms with Crippen LogP contribution in [-0.4, -0.2) is 23.8 Å². The number of ether oxygens (including phenoxy) is 2. The summed E-state index contributed by atoms with van der Waals surface area (Å²) in [6.45, 7) is 12.1. The van der Waals surface area contributed by atoms with Gasteiger partial charge in [0.2, 0.25) is 0 Å². The van der Waals surface area contributed by atoms with E-state index >= 15 is 0 Å². The predicted octanol–water partition coefficient (Wildman–Crippen LogP) is 4.49. The number of hydrogen-bond donors (Lipinski definition) is 0. The molecule has 1 aromatic heterocycles. The second-order valence-corrected chi connectivity index (χ2v) is 9.80. The number of esters is 1. The molecule has 0 saturated carbocycles. The van der Waals surface area contributed by atoms with Gasteiger partial charge in [-0.05, 0) is 54.7 Å². The predicted molar refractivity (Wildman–Crippen MR) is 143 cm³/mol. The molecule has 7 heteroatoms. The van der Waals surface area contributed by atoms with Crippen molar-refractivity contribution in [3.05, 3.63) is 109 Å². The molecule has 1 atom stereocenters. The first-order chi connectivity index (χ1) is 17.3. The Hall–Kier alpha value is -3.71. The van der Waals surface area contributed by atoms with E-state index in [0.717, 1.165) is 11.1 Å². The highest BCUT2D eigenvalue weighted by atomic mass is 32.1. The topological polar surface area (TPSA) is 69.9 Å². The number of carbonyl (C=O) groups excluding carboxylic acids is 1. The molecule has 0 radical (unpaired) electrons. The third kappa shape index (κ3) is 5.11. The lowest BCUT2D eigenvalue weighted by Gasteiger charge is -2.24. The van der Waals surface area contributed by atoms with Crippen LogP contribution in [0.1, 0.15) is 56.3 Å². The summed E-state index contributed by atoms with van der Waals surface area (Å²) >= 11 is 1.32. The molecule has 0 aliphatic carbocycles. The number of nitrogens with zero attached hydrogens (tertiary/aromatic N) is 2. The van der Waals surface area contributed by atoms with Crippen LogP contribution in [0.25, 0.3) is 6.08 Å². The SMILES string of the molecule is C=CCOc1ccc([C@@H]2C(C(=O)OCC)=C(C)N=c3s/c(=C\c4ccc(C(C)C)cc4)c(=O)n32)cc1. The Morgan fingerprint density at radius 3 is 2.47 bits per heavy atom. The zero-order chi connectivity index (χ0) is 25.8. The van der Waals surface area contributed by atoms with E-state index in [1.807, 2.05) is 42.5 Å². The Morgan fingerprint density at radius 2 is 1.86 bits per heavy atom. The average molecular weight is 503 g/mol. The highest BCUT2D eigenvalue weighted by Gasteiger charge is 2.33. The van der Waals surface area contributed by atoms with Gasteiger partial charge in [-0.2, -0.15) is 0 Å². The van der Waals surface area contributed by atoms with E-state index in [2.05, 4.69) is 37.6 Å². The van der Waals surface area contributed by atoms with E-state index in [9.17, 15) is 9.59 Å². The van der Waals surface area contributed by atoms with Gasteiger partial charge in [0.25, 0.3) is 5.56 Å². The van der Waals surface area contributed by atoms with Crippen molar-refractivity contribution in [3.63, 3.8) is 0 Å². The molecular formula is C29H30N2O4S. The van der Waals surface area contributed by atoms with Gasteiger partial charge in [-0.1, -0.05) is 74.2 Å². The minimum atomic E-state index is -0.653. The van der Waals surface area contributed by atoms with Crippen LogP contribution in [0.15, 0.2) is 82.2 Å². The molecule has 3 aromatic rings. The van der Waals surface area contributed by atoms with Gasteiger partial charge in [0.15, 0.2) is 4.80 Å². The van der Waals surface area contributed by atoms with Crippen LogP contribution < -0.4 is 19.6 Å². The van der Waals surface area contributed by atoms with Crippen molar-refractivity contribution in [3.8, 4) is 5.75 Å². The Labute approximate surface area is 214 Å². The molecule has 0 fully saturated rings.